The van der Waals surface area contributed by atoms with E-state index in [0.717, 1.165) is 12.8 Å². The molecular weight excluding hydrogens is 226 g/mol. The summed E-state index contributed by atoms with van der Waals surface area (Å²) in [7, 11) is -1.19. The van der Waals surface area contributed by atoms with Crippen molar-refractivity contribution < 1.29 is 14.1 Å². The first-order chi connectivity index (χ1) is 7.34. The van der Waals surface area contributed by atoms with Gasteiger partial charge < -0.3 is 5.11 Å². The van der Waals surface area contributed by atoms with Crippen molar-refractivity contribution in [2.45, 2.75) is 56.9 Å². The lowest BCUT2D eigenvalue weighted by atomic mass is 9.82. The van der Waals surface area contributed by atoms with Crippen molar-refractivity contribution in [2.24, 2.45) is 5.92 Å². The Morgan fingerprint density at radius 3 is 2.25 bits per heavy atom. The molecule has 1 heterocycles. The minimum Gasteiger partial charge on any atom is -0.480 e. The molecule has 0 aromatic heterocycles. The molecule has 0 aromatic rings. The molecule has 16 heavy (non-hydrogen) atoms. The van der Waals surface area contributed by atoms with Crippen LogP contribution in [0.1, 0.15) is 40.0 Å². The highest BCUT2D eigenvalue weighted by molar-refractivity contribution is 7.84. The summed E-state index contributed by atoms with van der Waals surface area (Å²) in [6, 6.07) is -0.489. The molecule has 1 N–H and O–H groups in total. The van der Waals surface area contributed by atoms with Gasteiger partial charge in [-0.3, -0.25) is 4.79 Å². The molecule has 4 atom stereocenters. The number of aliphatic carboxylic acids is 1. The van der Waals surface area contributed by atoms with Gasteiger partial charge in [-0.2, -0.15) is 0 Å². The molecule has 2 aliphatic rings. The van der Waals surface area contributed by atoms with Crippen molar-refractivity contribution in [3.63, 3.8) is 0 Å². The Morgan fingerprint density at radius 1 is 1.38 bits per heavy atom. The number of carboxylic acid groups (broad SMARTS) is 1. The van der Waals surface area contributed by atoms with Gasteiger partial charge in [-0.05, 0) is 39.5 Å². The zero-order valence-corrected chi connectivity index (χ0v) is 10.8. The summed E-state index contributed by atoms with van der Waals surface area (Å²) in [4.78, 5) is 11.1. The molecule has 0 bridgehead atoms. The Labute approximate surface area is 98.6 Å². The molecule has 4 nitrogen and oxygen atoms in total. The van der Waals surface area contributed by atoms with Gasteiger partial charge in [-0.25, -0.2) is 8.51 Å². The second-order valence-electron chi connectivity index (χ2n) is 5.69. The summed E-state index contributed by atoms with van der Waals surface area (Å²) >= 11 is 0. The van der Waals surface area contributed by atoms with Crippen molar-refractivity contribution in [2.75, 3.05) is 0 Å². The highest BCUT2D eigenvalue weighted by Crippen LogP contribution is 2.46. The average Bonchev–Trinajstić information content (AvgIpc) is 2.73. The van der Waals surface area contributed by atoms with Crippen LogP contribution >= 0.6 is 0 Å². The van der Waals surface area contributed by atoms with Crippen LogP contribution in [-0.4, -0.2) is 36.4 Å². The molecule has 1 aliphatic carbocycles. The highest BCUT2D eigenvalue weighted by Gasteiger charge is 2.61. The maximum Gasteiger partial charge on any atom is 0.323 e. The van der Waals surface area contributed by atoms with Gasteiger partial charge in [0.2, 0.25) is 0 Å². The third kappa shape index (κ3) is 1.91. The Balaban J connectivity index is 2.09. The molecule has 1 aliphatic heterocycles. The second kappa shape index (κ2) is 3.81. The van der Waals surface area contributed by atoms with Crippen molar-refractivity contribution in [3.05, 3.63) is 0 Å². The van der Waals surface area contributed by atoms with Gasteiger partial charge in [-0.1, -0.05) is 6.42 Å². The van der Waals surface area contributed by atoms with Crippen molar-refractivity contribution in [1.82, 2.24) is 4.31 Å². The van der Waals surface area contributed by atoms with E-state index < -0.39 is 23.0 Å². The van der Waals surface area contributed by atoms with Crippen molar-refractivity contribution in [1.29, 1.82) is 0 Å². The zero-order chi connectivity index (χ0) is 12.1. The monoisotopic (exact) mass is 245 g/mol. The van der Waals surface area contributed by atoms with Crippen LogP contribution in [0.25, 0.3) is 0 Å². The number of hydrogen-bond donors (Lipinski definition) is 1. The number of hydrogen-bond acceptors (Lipinski definition) is 2. The quantitative estimate of drug-likeness (QED) is 0.764. The van der Waals surface area contributed by atoms with Crippen LogP contribution in [0.3, 0.4) is 0 Å². The van der Waals surface area contributed by atoms with Crippen LogP contribution in [0, 0.1) is 5.92 Å². The minimum absolute atomic E-state index is 0.0197. The number of carbonyl (C=O) groups is 1. The van der Waals surface area contributed by atoms with Gasteiger partial charge in [0.1, 0.15) is 17.0 Å². The van der Waals surface area contributed by atoms with Gasteiger partial charge in [0, 0.05) is 0 Å². The van der Waals surface area contributed by atoms with Crippen LogP contribution in [0.15, 0.2) is 0 Å². The van der Waals surface area contributed by atoms with Gasteiger partial charge in [0.15, 0.2) is 0 Å². The molecule has 92 valence electrons. The molecule has 1 saturated heterocycles. The normalized spacial score (nSPS) is 36.6. The van der Waals surface area contributed by atoms with E-state index in [4.69, 9.17) is 5.11 Å². The molecule has 5 heteroatoms. The third-order valence-electron chi connectivity index (χ3n) is 3.40. The summed E-state index contributed by atoms with van der Waals surface area (Å²) in [5.41, 5.74) is 0. The van der Waals surface area contributed by atoms with E-state index in [1.165, 1.54) is 6.42 Å². The Hall–Kier alpha value is -0.420. The predicted molar refractivity (Wildman–Crippen MR) is 62.3 cm³/mol. The Kier molecular flexibility index (Phi) is 2.87. The van der Waals surface area contributed by atoms with Crippen molar-refractivity contribution >= 4 is 17.0 Å². The number of nitrogens with zero attached hydrogens (tertiary/aromatic N) is 1. The average molecular weight is 245 g/mol. The second-order valence-corrected chi connectivity index (χ2v) is 7.83. The summed E-state index contributed by atoms with van der Waals surface area (Å²) in [6.45, 7) is 5.66. The molecule has 2 fully saturated rings. The fraction of sp³-hybridized carbons (Fsp3) is 0.909. The molecule has 0 aromatic carbocycles. The first kappa shape index (κ1) is 12.0. The standard InChI is InChI=1S/C11H19NO3S/c1-11(2,3)16(15)12-8(7-5-4-6-7)9(12)10(13)14/h7-9H,4-6H2,1-3H3,(H,13,14)/t8?,9?,12?,16-/m0/s1. The lowest BCUT2D eigenvalue weighted by Gasteiger charge is -2.26. The van der Waals surface area contributed by atoms with Crippen LogP contribution in [0.5, 0.6) is 0 Å². The number of rotatable bonds is 3. The maximum atomic E-state index is 12.2. The Bertz CT molecular complexity index is 333. The fourth-order valence-corrected chi connectivity index (χ4v) is 3.77. The largest absolute Gasteiger partial charge is 0.480 e. The van der Waals surface area contributed by atoms with Gasteiger partial charge in [0.05, 0.1) is 10.8 Å². The predicted octanol–water partition coefficient (Wildman–Crippen LogP) is 1.39. The van der Waals surface area contributed by atoms with E-state index in [0.29, 0.717) is 5.92 Å². The first-order valence-electron chi connectivity index (χ1n) is 5.77. The molecule has 3 unspecified atom stereocenters. The lowest BCUT2D eigenvalue weighted by molar-refractivity contribution is -0.137. The minimum atomic E-state index is -1.19. The van der Waals surface area contributed by atoms with E-state index in [1.54, 1.807) is 4.31 Å². The van der Waals surface area contributed by atoms with Crippen LogP contribution < -0.4 is 0 Å². The first-order valence-corrected chi connectivity index (χ1v) is 6.88. The van der Waals surface area contributed by atoms with Gasteiger partial charge in [0.25, 0.3) is 0 Å². The van der Waals surface area contributed by atoms with Crippen LogP contribution in [-0.2, 0) is 15.8 Å². The molecule has 2 rings (SSSR count). The topological polar surface area (TPSA) is 57.4 Å². The van der Waals surface area contributed by atoms with Crippen LogP contribution in [0.2, 0.25) is 0 Å². The Morgan fingerprint density at radius 2 is 1.94 bits per heavy atom. The fourth-order valence-electron chi connectivity index (χ4n) is 2.26. The highest BCUT2D eigenvalue weighted by atomic mass is 32.2. The summed E-state index contributed by atoms with van der Waals surface area (Å²) in [5, 5.41) is 9.10. The molecule has 0 radical (unpaired) electrons. The molecule has 0 amide bonds. The van der Waals surface area contributed by atoms with Crippen molar-refractivity contribution in [3.8, 4) is 0 Å². The zero-order valence-electron chi connectivity index (χ0n) is 9.97. The van der Waals surface area contributed by atoms with E-state index in [-0.39, 0.29) is 10.8 Å². The van der Waals surface area contributed by atoms with Crippen LogP contribution in [0.4, 0.5) is 0 Å². The maximum absolute atomic E-state index is 12.2. The third-order valence-corrected chi connectivity index (χ3v) is 5.30. The molecular formula is C11H19NO3S. The number of carboxylic acids is 1. The van der Waals surface area contributed by atoms with Gasteiger partial charge >= 0.3 is 5.97 Å². The van der Waals surface area contributed by atoms with E-state index in [2.05, 4.69) is 0 Å². The smallest absolute Gasteiger partial charge is 0.323 e. The van der Waals surface area contributed by atoms with Gasteiger partial charge in [-0.15, -0.1) is 0 Å². The molecule has 1 saturated carbocycles. The summed E-state index contributed by atoms with van der Waals surface area (Å²) < 4.78 is 13.5. The summed E-state index contributed by atoms with van der Waals surface area (Å²) in [5.74, 6) is -0.373. The van der Waals surface area contributed by atoms with E-state index in [1.807, 2.05) is 20.8 Å². The lowest BCUT2D eigenvalue weighted by Crippen LogP contribution is -2.31. The van der Waals surface area contributed by atoms with E-state index in [9.17, 15) is 9.00 Å². The van der Waals surface area contributed by atoms with E-state index >= 15 is 0 Å². The SMILES string of the molecule is CC(C)(C)[S@](=O)N1C(C(=O)O)C1C1CCC1. The molecule has 0 spiro atoms. The summed E-state index contributed by atoms with van der Waals surface area (Å²) in [6.07, 6.45) is 3.36.